The molecule has 0 atom stereocenters. The van der Waals surface area contributed by atoms with Crippen molar-refractivity contribution >= 4 is 22.7 Å². The van der Waals surface area contributed by atoms with E-state index in [1.54, 1.807) is 7.05 Å². The van der Waals surface area contributed by atoms with Crippen LogP contribution in [0.4, 0.5) is 0 Å². The van der Waals surface area contributed by atoms with Gasteiger partial charge in [0.25, 0.3) is 5.56 Å². The molecule has 11 nitrogen and oxygen atoms in total. The highest BCUT2D eigenvalue weighted by atomic mass is 16.2. The molecule has 0 aliphatic carbocycles. The van der Waals surface area contributed by atoms with Crippen LogP contribution in [0.2, 0.25) is 0 Å². The molecule has 0 saturated heterocycles. The van der Waals surface area contributed by atoms with E-state index in [2.05, 4.69) is 20.5 Å². The Morgan fingerprint density at radius 1 is 1.18 bits per heavy atom. The summed E-state index contributed by atoms with van der Waals surface area (Å²) in [7, 11) is 3.18. The van der Waals surface area contributed by atoms with Crippen molar-refractivity contribution < 1.29 is 4.79 Å². The predicted octanol–water partition coefficient (Wildman–Crippen LogP) is -1.16. The van der Waals surface area contributed by atoms with Gasteiger partial charge in [0.2, 0.25) is 5.91 Å². The smallest absolute Gasteiger partial charge is 0.332 e. The SMILES string of the molecule is Cn1cnc2c1c(=O)n(CC(=O)NCCc1nnc3ccccn13)c(=O)n2C. The van der Waals surface area contributed by atoms with Crippen molar-refractivity contribution in [2.75, 3.05) is 6.54 Å². The average molecular weight is 382 g/mol. The van der Waals surface area contributed by atoms with E-state index in [1.165, 1.54) is 22.5 Å². The second kappa shape index (κ2) is 6.76. The lowest BCUT2D eigenvalue weighted by atomic mass is 10.3. The van der Waals surface area contributed by atoms with Crippen LogP contribution in [0.3, 0.4) is 0 Å². The summed E-state index contributed by atoms with van der Waals surface area (Å²) in [5, 5.41) is 10.9. The summed E-state index contributed by atoms with van der Waals surface area (Å²) < 4.78 is 5.53. The fourth-order valence-corrected chi connectivity index (χ4v) is 3.11. The molecule has 11 heteroatoms. The number of carbonyl (C=O) groups is 1. The summed E-state index contributed by atoms with van der Waals surface area (Å²) in [5.74, 6) is 0.273. The van der Waals surface area contributed by atoms with E-state index in [-0.39, 0.29) is 17.7 Å². The highest BCUT2D eigenvalue weighted by Gasteiger charge is 2.17. The first-order chi connectivity index (χ1) is 13.5. The first-order valence-electron chi connectivity index (χ1n) is 8.63. The second-order valence-corrected chi connectivity index (χ2v) is 6.41. The lowest BCUT2D eigenvalue weighted by Gasteiger charge is -2.09. The van der Waals surface area contributed by atoms with Gasteiger partial charge in [-0.25, -0.2) is 14.3 Å². The second-order valence-electron chi connectivity index (χ2n) is 6.41. The van der Waals surface area contributed by atoms with Gasteiger partial charge in [0.15, 0.2) is 16.8 Å². The van der Waals surface area contributed by atoms with Crippen LogP contribution in [0.15, 0.2) is 40.3 Å². The zero-order valence-corrected chi connectivity index (χ0v) is 15.4. The number of aromatic nitrogens is 7. The fourth-order valence-electron chi connectivity index (χ4n) is 3.11. The monoisotopic (exact) mass is 382 g/mol. The molecule has 0 aliphatic heterocycles. The van der Waals surface area contributed by atoms with E-state index < -0.39 is 17.2 Å². The molecule has 0 bridgehead atoms. The molecule has 1 amide bonds. The first kappa shape index (κ1) is 17.6. The van der Waals surface area contributed by atoms with Gasteiger partial charge in [-0.05, 0) is 12.1 Å². The summed E-state index contributed by atoms with van der Waals surface area (Å²) in [6.07, 6.45) is 3.77. The van der Waals surface area contributed by atoms with Gasteiger partial charge >= 0.3 is 5.69 Å². The quantitative estimate of drug-likeness (QED) is 0.465. The number of nitrogens with zero attached hydrogens (tertiary/aromatic N) is 7. The molecule has 0 unspecified atom stereocenters. The molecule has 0 fully saturated rings. The van der Waals surface area contributed by atoms with Crippen LogP contribution in [-0.2, 0) is 31.9 Å². The maximum absolute atomic E-state index is 12.6. The molecule has 0 spiro atoms. The maximum atomic E-state index is 12.6. The van der Waals surface area contributed by atoms with Gasteiger partial charge < -0.3 is 9.88 Å². The molecular formula is C17H18N8O3. The minimum absolute atomic E-state index is 0.268. The van der Waals surface area contributed by atoms with Gasteiger partial charge in [0.1, 0.15) is 12.4 Å². The average Bonchev–Trinajstić information content (AvgIpc) is 3.27. The Morgan fingerprint density at radius 3 is 2.82 bits per heavy atom. The van der Waals surface area contributed by atoms with E-state index in [9.17, 15) is 14.4 Å². The van der Waals surface area contributed by atoms with Gasteiger partial charge in [-0.3, -0.25) is 18.6 Å². The fraction of sp³-hybridized carbons (Fsp3) is 0.294. The first-order valence-corrected chi connectivity index (χ1v) is 8.63. The summed E-state index contributed by atoms with van der Waals surface area (Å²) in [6, 6.07) is 5.58. The number of hydrogen-bond acceptors (Lipinski definition) is 6. The van der Waals surface area contributed by atoms with E-state index >= 15 is 0 Å². The third-order valence-corrected chi connectivity index (χ3v) is 4.56. The molecule has 0 aliphatic rings. The molecular weight excluding hydrogens is 364 g/mol. The third kappa shape index (κ3) is 2.86. The lowest BCUT2D eigenvalue weighted by molar-refractivity contribution is -0.121. The van der Waals surface area contributed by atoms with Crippen molar-refractivity contribution in [1.82, 2.24) is 38.6 Å². The topological polar surface area (TPSA) is 121 Å². The number of rotatable bonds is 5. The maximum Gasteiger partial charge on any atom is 0.332 e. The summed E-state index contributed by atoms with van der Waals surface area (Å²) in [6.45, 7) is -0.0647. The van der Waals surface area contributed by atoms with Crippen LogP contribution in [0.25, 0.3) is 16.8 Å². The molecule has 28 heavy (non-hydrogen) atoms. The standard InChI is InChI=1S/C17H18N8O3/c1-22-10-19-15-14(22)16(27)25(17(28)23(15)2)9-13(26)18-7-6-12-21-20-11-5-3-4-8-24(11)12/h3-5,8,10H,6-7,9H2,1-2H3,(H,18,26). The normalized spacial score (nSPS) is 11.4. The van der Waals surface area contributed by atoms with Crippen molar-refractivity contribution in [3.05, 3.63) is 57.4 Å². The van der Waals surface area contributed by atoms with Crippen LogP contribution in [-0.4, -0.2) is 45.7 Å². The largest absolute Gasteiger partial charge is 0.354 e. The molecule has 1 N–H and O–H groups in total. The van der Waals surface area contributed by atoms with Gasteiger partial charge in [-0.15, -0.1) is 10.2 Å². The zero-order valence-electron chi connectivity index (χ0n) is 15.4. The van der Waals surface area contributed by atoms with Crippen LogP contribution in [0.1, 0.15) is 5.82 Å². The number of fused-ring (bicyclic) bond motifs is 2. The molecule has 0 radical (unpaired) electrons. The van der Waals surface area contributed by atoms with Crippen LogP contribution < -0.4 is 16.6 Å². The minimum Gasteiger partial charge on any atom is -0.354 e. The molecule has 4 rings (SSSR count). The molecule has 144 valence electrons. The van der Waals surface area contributed by atoms with Gasteiger partial charge in [0.05, 0.1) is 6.33 Å². The Morgan fingerprint density at radius 2 is 2.00 bits per heavy atom. The van der Waals surface area contributed by atoms with Gasteiger partial charge in [-0.2, -0.15) is 0 Å². The van der Waals surface area contributed by atoms with E-state index in [1.807, 2.05) is 28.8 Å². The lowest BCUT2D eigenvalue weighted by Crippen LogP contribution is -2.43. The van der Waals surface area contributed by atoms with E-state index in [4.69, 9.17) is 0 Å². The summed E-state index contributed by atoms with van der Waals surface area (Å²) in [4.78, 5) is 41.4. The van der Waals surface area contributed by atoms with Gasteiger partial charge in [0, 0.05) is 33.3 Å². The Balaban J connectivity index is 1.49. The summed E-state index contributed by atoms with van der Waals surface area (Å²) in [5.41, 5.74) is 0.146. The van der Waals surface area contributed by atoms with Crippen LogP contribution >= 0.6 is 0 Å². The van der Waals surface area contributed by atoms with Crippen LogP contribution in [0, 0.1) is 0 Å². The molecule has 4 heterocycles. The van der Waals surface area contributed by atoms with Crippen molar-refractivity contribution in [3.8, 4) is 0 Å². The van der Waals surface area contributed by atoms with Gasteiger partial charge in [-0.1, -0.05) is 6.07 Å². The number of amides is 1. The molecule has 0 saturated carbocycles. The van der Waals surface area contributed by atoms with Crippen molar-refractivity contribution in [2.24, 2.45) is 14.1 Å². The minimum atomic E-state index is -0.588. The highest BCUT2D eigenvalue weighted by Crippen LogP contribution is 2.04. The number of hydrogen-bond donors (Lipinski definition) is 1. The molecule has 4 aromatic rings. The number of aryl methyl sites for hydroxylation is 2. The third-order valence-electron chi connectivity index (χ3n) is 4.56. The zero-order chi connectivity index (χ0) is 19.8. The van der Waals surface area contributed by atoms with Crippen LogP contribution in [0.5, 0.6) is 0 Å². The summed E-state index contributed by atoms with van der Waals surface area (Å²) >= 11 is 0. The van der Waals surface area contributed by atoms with E-state index in [0.717, 1.165) is 10.2 Å². The molecule has 0 aromatic carbocycles. The Kier molecular flexibility index (Phi) is 4.26. The Bertz CT molecular complexity index is 1310. The molecule has 4 aromatic heterocycles. The van der Waals surface area contributed by atoms with Crippen molar-refractivity contribution in [1.29, 1.82) is 0 Å². The van der Waals surface area contributed by atoms with E-state index in [0.29, 0.717) is 18.8 Å². The van der Waals surface area contributed by atoms with Crippen molar-refractivity contribution in [2.45, 2.75) is 13.0 Å². The van der Waals surface area contributed by atoms with Crippen molar-refractivity contribution in [3.63, 3.8) is 0 Å². The number of pyridine rings is 1. The predicted molar refractivity (Wildman–Crippen MR) is 99.9 cm³/mol. The number of carbonyl (C=O) groups excluding carboxylic acids is 1. The number of imidazole rings is 1. The Hall–Kier alpha value is -3.76. The Labute approximate surface area is 157 Å². The highest BCUT2D eigenvalue weighted by molar-refractivity contribution is 5.76. The number of nitrogens with one attached hydrogen (secondary N) is 1.